The van der Waals surface area contributed by atoms with Gasteiger partial charge in [-0.15, -0.1) is 0 Å². The molecular formula is C13H9Cl2N5O2S. The van der Waals surface area contributed by atoms with Gasteiger partial charge in [-0.1, -0.05) is 35.0 Å². The van der Waals surface area contributed by atoms with Crippen LogP contribution in [-0.2, 0) is 4.79 Å². The third-order valence-corrected chi connectivity index (χ3v) is 4.07. The van der Waals surface area contributed by atoms with Crippen LogP contribution in [-0.4, -0.2) is 31.6 Å². The molecule has 3 aromatic rings. The van der Waals surface area contributed by atoms with Crippen LogP contribution in [0.1, 0.15) is 0 Å². The molecule has 1 aromatic carbocycles. The molecule has 0 spiro atoms. The Morgan fingerprint density at radius 3 is 2.74 bits per heavy atom. The summed E-state index contributed by atoms with van der Waals surface area (Å²) in [7, 11) is 0. The maximum Gasteiger partial charge on any atom is 0.277 e. The van der Waals surface area contributed by atoms with Gasteiger partial charge in [-0.25, -0.2) is 9.97 Å². The molecule has 7 nitrogen and oxygen atoms in total. The number of amides is 1. The third kappa shape index (κ3) is 3.84. The Bertz CT molecular complexity index is 919. The Labute approximate surface area is 143 Å². The maximum atomic E-state index is 11.9. The highest BCUT2D eigenvalue weighted by atomic mass is 35.5. The number of aromatic amines is 2. The largest absolute Gasteiger partial charge is 0.339 e. The standard InChI is InChI=1S/C13H9Cl2N5O2S/c14-6-1-7(15)3-8(2-6)18-9(21)4-23-13-19-11-10(12(22)20-13)16-5-17-11/h1-3,5H,4H2,(H,18,21)(H2,16,17,19,20,22). The smallest absolute Gasteiger partial charge is 0.277 e. The van der Waals surface area contributed by atoms with Crippen molar-refractivity contribution < 1.29 is 4.79 Å². The number of halogens is 2. The molecule has 0 fully saturated rings. The number of benzene rings is 1. The molecule has 0 saturated heterocycles. The van der Waals surface area contributed by atoms with Crippen LogP contribution in [0, 0.1) is 0 Å². The zero-order chi connectivity index (χ0) is 16.4. The summed E-state index contributed by atoms with van der Waals surface area (Å²) >= 11 is 12.8. The highest BCUT2D eigenvalue weighted by Crippen LogP contribution is 2.23. The minimum Gasteiger partial charge on any atom is -0.339 e. The second kappa shape index (κ2) is 6.61. The molecule has 118 valence electrons. The monoisotopic (exact) mass is 369 g/mol. The van der Waals surface area contributed by atoms with Crippen LogP contribution in [0.15, 0.2) is 34.5 Å². The number of anilines is 1. The van der Waals surface area contributed by atoms with Crippen LogP contribution >= 0.6 is 35.0 Å². The summed E-state index contributed by atoms with van der Waals surface area (Å²) in [6, 6.07) is 4.75. The Morgan fingerprint density at radius 2 is 2.00 bits per heavy atom. The van der Waals surface area contributed by atoms with Crippen LogP contribution < -0.4 is 10.9 Å². The lowest BCUT2D eigenvalue weighted by Gasteiger charge is -2.06. The molecule has 0 aliphatic heterocycles. The molecule has 3 N–H and O–H groups in total. The van der Waals surface area contributed by atoms with E-state index in [9.17, 15) is 9.59 Å². The van der Waals surface area contributed by atoms with Crippen molar-refractivity contribution in [2.45, 2.75) is 5.16 Å². The minimum absolute atomic E-state index is 0.0585. The number of nitrogens with one attached hydrogen (secondary N) is 3. The van der Waals surface area contributed by atoms with Crippen LogP contribution in [0.25, 0.3) is 11.2 Å². The first-order chi connectivity index (χ1) is 11.0. The number of imidazole rings is 1. The molecule has 0 radical (unpaired) electrons. The number of hydrogen-bond donors (Lipinski definition) is 3. The molecule has 2 aromatic heterocycles. The van der Waals surface area contributed by atoms with Crippen molar-refractivity contribution in [2.75, 3.05) is 11.1 Å². The topological polar surface area (TPSA) is 104 Å². The van der Waals surface area contributed by atoms with Crippen molar-refractivity contribution in [3.8, 4) is 0 Å². The molecule has 10 heteroatoms. The molecule has 3 rings (SSSR count). The average Bonchev–Trinajstić information content (AvgIpc) is 2.93. The maximum absolute atomic E-state index is 11.9. The van der Waals surface area contributed by atoms with E-state index < -0.39 is 0 Å². The number of fused-ring (bicyclic) bond motifs is 1. The van der Waals surface area contributed by atoms with E-state index in [0.29, 0.717) is 32.1 Å². The molecule has 0 saturated carbocycles. The lowest BCUT2D eigenvalue weighted by Crippen LogP contribution is -2.15. The Morgan fingerprint density at radius 1 is 1.26 bits per heavy atom. The van der Waals surface area contributed by atoms with Crippen LogP contribution in [0.3, 0.4) is 0 Å². The molecule has 0 atom stereocenters. The number of carbonyl (C=O) groups is 1. The molecule has 0 unspecified atom stereocenters. The van der Waals surface area contributed by atoms with Crippen molar-refractivity contribution in [3.63, 3.8) is 0 Å². The molecule has 1 amide bonds. The molecule has 0 aliphatic carbocycles. The van der Waals surface area contributed by atoms with E-state index in [0.717, 1.165) is 11.8 Å². The van der Waals surface area contributed by atoms with Crippen LogP contribution in [0.2, 0.25) is 10.0 Å². The van der Waals surface area contributed by atoms with Crippen molar-refractivity contribution >= 4 is 57.7 Å². The van der Waals surface area contributed by atoms with Gasteiger partial charge < -0.3 is 10.3 Å². The number of aromatic nitrogens is 4. The van der Waals surface area contributed by atoms with Gasteiger partial charge in [0.05, 0.1) is 12.1 Å². The van der Waals surface area contributed by atoms with Gasteiger partial charge in [0.15, 0.2) is 16.3 Å². The summed E-state index contributed by atoms with van der Waals surface area (Å²) in [5.74, 6) is -0.221. The summed E-state index contributed by atoms with van der Waals surface area (Å²) in [6.07, 6.45) is 1.39. The van der Waals surface area contributed by atoms with Gasteiger partial charge in [0.2, 0.25) is 5.91 Å². The lowest BCUT2D eigenvalue weighted by atomic mass is 10.3. The van der Waals surface area contributed by atoms with Crippen molar-refractivity contribution in [1.82, 2.24) is 19.9 Å². The van der Waals surface area contributed by atoms with Gasteiger partial charge in [-0.3, -0.25) is 14.6 Å². The van der Waals surface area contributed by atoms with Gasteiger partial charge in [-0.2, -0.15) is 0 Å². The molecule has 0 bridgehead atoms. The molecule has 23 heavy (non-hydrogen) atoms. The predicted molar refractivity (Wildman–Crippen MR) is 90.3 cm³/mol. The zero-order valence-corrected chi connectivity index (χ0v) is 13.7. The number of carbonyl (C=O) groups excluding carboxylic acids is 1. The Balaban J connectivity index is 1.67. The van der Waals surface area contributed by atoms with E-state index in [4.69, 9.17) is 23.2 Å². The quantitative estimate of drug-likeness (QED) is 0.484. The second-order valence-corrected chi connectivity index (χ2v) is 6.30. The Kier molecular flexibility index (Phi) is 4.56. The average molecular weight is 370 g/mol. The minimum atomic E-state index is -0.336. The SMILES string of the molecule is O=C(CSc1nc2nc[nH]c2c(=O)[nH]1)Nc1cc(Cl)cc(Cl)c1. The molecule has 0 aliphatic rings. The fourth-order valence-corrected chi connectivity index (χ4v) is 3.03. The van der Waals surface area contributed by atoms with E-state index in [1.54, 1.807) is 18.2 Å². The summed E-state index contributed by atoms with van der Waals surface area (Å²) < 4.78 is 0. The number of hydrogen-bond acceptors (Lipinski definition) is 5. The summed E-state index contributed by atoms with van der Waals surface area (Å²) in [5.41, 5.74) is 0.764. The second-order valence-electron chi connectivity index (χ2n) is 4.47. The Hall–Kier alpha value is -2.03. The fourth-order valence-electron chi connectivity index (χ4n) is 1.85. The molecular weight excluding hydrogens is 361 g/mol. The van der Waals surface area contributed by atoms with E-state index >= 15 is 0 Å². The first-order valence-corrected chi connectivity index (χ1v) is 8.07. The normalized spacial score (nSPS) is 10.9. The van der Waals surface area contributed by atoms with E-state index in [1.807, 2.05) is 0 Å². The van der Waals surface area contributed by atoms with E-state index in [2.05, 4.69) is 25.3 Å². The lowest BCUT2D eigenvalue weighted by molar-refractivity contribution is -0.113. The third-order valence-electron chi connectivity index (χ3n) is 2.76. The van der Waals surface area contributed by atoms with Gasteiger partial charge in [0.25, 0.3) is 5.56 Å². The van der Waals surface area contributed by atoms with Gasteiger partial charge in [0.1, 0.15) is 0 Å². The van der Waals surface area contributed by atoms with Crippen molar-refractivity contribution in [1.29, 1.82) is 0 Å². The number of nitrogens with zero attached hydrogens (tertiary/aromatic N) is 2. The number of thioether (sulfide) groups is 1. The highest BCUT2D eigenvalue weighted by Gasteiger charge is 2.09. The summed E-state index contributed by atoms with van der Waals surface area (Å²) in [5, 5.41) is 3.84. The zero-order valence-electron chi connectivity index (χ0n) is 11.4. The van der Waals surface area contributed by atoms with E-state index in [-0.39, 0.29) is 17.2 Å². The summed E-state index contributed by atoms with van der Waals surface area (Å²) in [6.45, 7) is 0. The predicted octanol–water partition coefficient (Wildman–Crippen LogP) is 2.68. The van der Waals surface area contributed by atoms with Gasteiger partial charge >= 0.3 is 0 Å². The fraction of sp³-hybridized carbons (Fsp3) is 0.0769. The van der Waals surface area contributed by atoms with Crippen LogP contribution in [0.5, 0.6) is 0 Å². The van der Waals surface area contributed by atoms with Gasteiger partial charge in [0, 0.05) is 15.7 Å². The first-order valence-electron chi connectivity index (χ1n) is 6.33. The highest BCUT2D eigenvalue weighted by molar-refractivity contribution is 7.99. The van der Waals surface area contributed by atoms with Gasteiger partial charge in [-0.05, 0) is 18.2 Å². The number of H-pyrrole nitrogens is 2. The first kappa shape index (κ1) is 15.9. The summed E-state index contributed by atoms with van der Waals surface area (Å²) in [4.78, 5) is 37.0. The molecule has 2 heterocycles. The van der Waals surface area contributed by atoms with Crippen LogP contribution in [0.4, 0.5) is 5.69 Å². The van der Waals surface area contributed by atoms with E-state index in [1.165, 1.54) is 6.33 Å². The van der Waals surface area contributed by atoms with Crippen molar-refractivity contribution in [3.05, 3.63) is 44.9 Å². The van der Waals surface area contributed by atoms with Crippen molar-refractivity contribution in [2.24, 2.45) is 0 Å². The number of rotatable bonds is 4.